The van der Waals surface area contributed by atoms with Gasteiger partial charge in [0.2, 0.25) is 0 Å². The third kappa shape index (κ3) is 4.63. The van der Waals surface area contributed by atoms with E-state index in [4.69, 9.17) is 16.7 Å². The summed E-state index contributed by atoms with van der Waals surface area (Å²) in [5.74, 6) is 1.31. The van der Waals surface area contributed by atoms with Crippen molar-refractivity contribution in [2.75, 3.05) is 11.4 Å². The minimum absolute atomic E-state index is 0.0276. The van der Waals surface area contributed by atoms with Crippen molar-refractivity contribution < 1.29 is 13.2 Å². The van der Waals surface area contributed by atoms with Crippen LogP contribution in [0.1, 0.15) is 57.5 Å². The summed E-state index contributed by atoms with van der Waals surface area (Å²) in [5, 5.41) is 9.83. The van der Waals surface area contributed by atoms with Gasteiger partial charge in [0.05, 0.1) is 17.3 Å². The number of fused-ring (bicyclic) bond motifs is 1. The van der Waals surface area contributed by atoms with Gasteiger partial charge in [-0.3, -0.25) is 4.68 Å². The highest BCUT2D eigenvalue weighted by Gasteiger charge is 2.35. The zero-order valence-corrected chi connectivity index (χ0v) is 21.9. The second-order valence-electron chi connectivity index (χ2n) is 9.57. The van der Waals surface area contributed by atoms with Crippen LogP contribution in [0.3, 0.4) is 0 Å². The van der Waals surface area contributed by atoms with Crippen molar-refractivity contribution in [3.05, 3.63) is 59.0 Å². The number of imidazole rings is 1. The Morgan fingerprint density at radius 1 is 1.08 bits per heavy atom. The SMILES string of the molecule is CCn1cc(C(F)(F)F)nc1-c1ccc([C@@H](C)N2CCCn3nc(-c4c(Cl)cnn4C(C)C)cc32)cc1. The molecule has 0 spiro atoms. The molecular weight excluding hydrogens is 503 g/mol. The summed E-state index contributed by atoms with van der Waals surface area (Å²) in [4.78, 5) is 6.17. The van der Waals surface area contributed by atoms with Crippen molar-refractivity contribution in [3.8, 4) is 22.8 Å². The predicted molar refractivity (Wildman–Crippen MR) is 138 cm³/mol. The van der Waals surface area contributed by atoms with Gasteiger partial charge in [0.25, 0.3) is 0 Å². The highest BCUT2D eigenvalue weighted by Crippen LogP contribution is 2.37. The van der Waals surface area contributed by atoms with E-state index in [1.807, 2.05) is 33.6 Å². The Labute approximate surface area is 218 Å². The van der Waals surface area contributed by atoms with Crippen LogP contribution < -0.4 is 4.90 Å². The van der Waals surface area contributed by atoms with E-state index in [-0.39, 0.29) is 12.1 Å². The minimum Gasteiger partial charge on any atom is -0.350 e. The van der Waals surface area contributed by atoms with Crippen LogP contribution in [0.5, 0.6) is 0 Å². The Kier molecular flexibility index (Phi) is 6.55. The van der Waals surface area contributed by atoms with Gasteiger partial charge in [0.1, 0.15) is 23.0 Å². The predicted octanol–water partition coefficient (Wildman–Crippen LogP) is 6.85. The fraction of sp³-hybridized carbons (Fsp3) is 0.423. The molecule has 4 aromatic rings. The van der Waals surface area contributed by atoms with Gasteiger partial charge in [-0.15, -0.1) is 0 Å². The molecule has 3 aromatic heterocycles. The molecule has 1 aliphatic rings. The molecule has 0 aliphatic carbocycles. The van der Waals surface area contributed by atoms with Crippen molar-refractivity contribution >= 4 is 17.4 Å². The lowest BCUT2D eigenvalue weighted by atomic mass is 10.0. The molecule has 0 amide bonds. The number of nitrogens with zero attached hydrogens (tertiary/aromatic N) is 7. The van der Waals surface area contributed by atoms with Gasteiger partial charge in [-0.05, 0) is 39.7 Å². The standard InChI is InChI=1S/C26H29ClF3N7/c1-5-34-15-22(26(28,29)30)32-25(34)19-9-7-18(8-10-19)17(4)35-11-6-12-36-23(35)13-21(33-36)24-20(27)14-31-37(24)16(2)3/h7-10,13-17H,5-6,11-12H2,1-4H3/t17-/m1/s1. The Morgan fingerprint density at radius 3 is 2.46 bits per heavy atom. The second-order valence-corrected chi connectivity index (χ2v) is 9.98. The number of halogens is 4. The summed E-state index contributed by atoms with van der Waals surface area (Å²) in [6.07, 6.45) is -0.812. The van der Waals surface area contributed by atoms with Crippen molar-refractivity contribution in [2.45, 2.75) is 65.5 Å². The quantitative estimate of drug-likeness (QED) is 0.273. The van der Waals surface area contributed by atoms with Crippen LogP contribution in [0.25, 0.3) is 22.8 Å². The summed E-state index contributed by atoms with van der Waals surface area (Å²) in [5.41, 5.74) is 2.41. The molecule has 0 unspecified atom stereocenters. The second kappa shape index (κ2) is 9.55. The van der Waals surface area contributed by atoms with Gasteiger partial charge in [-0.25, -0.2) is 9.67 Å². The number of anilines is 1. The molecule has 0 N–H and O–H groups in total. The Balaban J connectivity index is 1.43. The third-order valence-electron chi connectivity index (χ3n) is 6.83. The lowest BCUT2D eigenvalue weighted by Crippen LogP contribution is -2.34. The van der Waals surface area contributed by atoms with E-state index in [1.165, 1.54) is 4.57 Å². The Bertz CT molecular complexity index is 1400. The summed E-state index contributed by atoms with van der Waals surface area (Å²) in [6.45, 7) is 10.1. The van der Waals surface area contributed by atoms with Crippen LogP contribution in [-0.4, -0.2) is 35.7 Å². The maximum Gasteiger partial charge on any atom is 0.434 e. The van der Waals surface area contributed by atoms with E-state index in [0.29, 0.717) is 23.0 Å². The van der Waals surface area contributed by atoms with E-state index < -0.39 is 11.9 Å². The molecule has 0 bridgehead atoms. The molecule has 4 heterocycles. The van der Waals surface area contributed by atoms with Gasteiger partial charge in [0, 0.05) is 43.5 Å². The number of hydrogen-bond acceptors (Lipinski definition) is 4. The first kappa shape index (κ1) is 25.4. The molecule has 11 heteroatoms. The third-order valence-corrected chi connectivity index (χ3v) is 7.11. The molecule has 1 aromatic carbocycles. The number of hydrogen-bond donors (Lipinski definition) is 0. The van der Waals surface area contributed by atoms with Crippen molar-refractivity contribution in [1.29, 1.82) is 0 Å². The maximum absolute atomic E-state index is 13.2. The zero-order valence-electron chi connectivity index (χ0n) is 21.2. The molecule has 37 heavy (non-hydrogen) atoms. The van der Waals surface area contributed by atoms with E-state index in [2.05, 4.69) is 41.8 Å². The molecule has 7 nitrogen and oxygen atoms in total. The molecule has 196 valence electrons. The zero-order chi connectivity index (χ0) is 26.5. The molecule has 0 fully saturated rings. The van der Waals surface area contributed by atoms with Crippen molar-refractivity contribution in [3.63, 3.8) is 0 Å². The minimum atomic E-state index is -4.48. The summed E-state index contributed by atoms with van der Waals surface area (Å²) in [7, 11) is 0. The van der Waals surface area contributed by atoms with Gasteiger partial charge in [-0.1, -0.05) is 35.9 Å². The summed E-state index contributed by atoms with van der Waals surface area (Å²) in [6, 6.07) is 9.83. The number of aryl methyl sites for hydroxylation is 2. The normalized spacial score (nSPS) is 14.9. The van der Waals surface area contributed by atoms with Crippen molar-refractivity contribution in [1.82, 2.24) is 29.1 Å². The average Bonchev–Trinajstić information content (AvgIpc) is 3.59. The molecule has 0 saturated heterocycles. The largest absolute Gasteiger partial charge is 0.434 e. The molecule has 5 rings (SSSR count). The molecule has 0 saturated carbocycles. The van der Waals surface area contributed by atoms with Crippen LogP contribution in [0.4, 0.5) is 19.0 Å². The van der Waals surface area contributed by atoms with E-state index in [1.54, 1.807) is 13.1 Å². The highest BCUT2D eigenvalue weighted by molar-refractivity contribution is 6.32. The lowest BCUT2D eigenvalue weighted by molar-refractivity contribution is -0.140. The Morgan fingerprint density at radius 2 is 1.81 bits per heavy atom. The van der Waals surface area contributed by atoms with Gasteiger partial charge in [-0.2, -0.15) is 23.4 Å². The summed E-state index contributed by atoms with van der Waals surface area (Å²) >= 11 is 6.48. The molecule has 0 radical (unpaired) electrons. The maximum atomic E-state index is 13.2. The van der Waals surface area contributed by atoms with Crippen molar-refractivity contribution in [2.24, 2.45) is 0 Å². The van der Waals surface area contributed by atoms with E-state index in [9.17, 15) is 13.2 Å². The fourth-order valence-electron chi connectivity index (χ4n) is 4.90. The number of alkyl halides is 3. The van der Waals surface area contributed by atoms with Gasteiger partial charge < -0.3 is 9.47 Å². The van der Waals surface area contributed by atoms with Crippen LogP contribution in [0.2, 0.25) is 5.02 Å². The average molecular weight is 532 g/mol. The number of aromatic nitrogens is 6. The molecule has 1 atom stereocenters. The number of benzene rings is 1. The molecular formula is C26H29ClF3N7. The summed E-state index contributed by atoms with van der Waals surface area (Å²) < 4.78 is 45.0. The highest BCUT2D eigenvalue weighted by atomic mass is 35.5. The topological polar surface area (TPSA) is 56.7 Å². The van der Waals surface area contributed by atoms with Crippen LogP contribution >= 0.6 is 11.6 Å². The first-order valence-electron chi connectivity index (χ1n) is 12.4. The van der Waals surface area contributed by atoms with Crippen LogP contribution in [0, 0.1) is 0 Å². The van der Waals surface area contributed by atoms with Gasteiger partial charge >= 0.3 is 6.18 Å². The smallest absolute Gasteiger partial charge is 0.350 e. The van der Waals surface area contributed by atoms with Crippen LogP contribution in [0.15, 0.2) is 42.7 Å². The Hall–Kier alpha value is -3.27. The first-order chi connectivity index (χ1) is 17.6. The monoisotopic (exact) mass is 531 g/mol. The molecule has 1 aliphatic heterocycles. The number of rotatable bonds is 6. The first-order valence-corrected chi connectivity index (χ1v) is 12.8. The fourth-order valence-corrected chi connectivity index (χ4v) is 5.13. The van der Waals surface area contributed by atoms with Crippen LogP contribution in [-0.2, 0) is 19.3 Å². The lowest BCUT2D eigenvalue weighted by Gasteiger charge is -2.35. The van der Waals surface area contributed by atoms with Gasteiger partial charge in [0.15, 0.2) is 5.69 Å². The van der Waals surface area contributed by atoms with E-state index in [0.717, 1.165) is 48.5 Å². The van der Waals surface area contributed by atoms with E-state index >= 15 is 0 Å².